The summed E-state index contributed by atoms with van der Waals surface area (Å²) in [4.78, 5) is 22.3. The van der Waals surface area contributed by atoms with Gasteiger partial charge in [0.05, 0.1) is 20.6 Å². The molecule has 1 atom stereocenters. The molecule has 5 heteroatoms. The van der Waals surface area contributed by atoms with Crippen molar-refractivity contribution in [1.29, 1.82) is 0 Å². The zero-order valence-electron chi connectivity index (χ0n) is 9.70. The Bertz CT molecular complexity index is 215. The van der Waals surface area contributed by atoms with Crippen molar-refractivity contribution in [3.8, 4) is 0 Å². The van der Waals surface area contributed by atoms with Gasteiger partial charge in [-0.2, -0.15) is 0 Å². The maximum atomic E-state index is 11.3. The van der Waals surface area contributed by atoms with Gasteiger partial charge in [0.25, 0.3) is 0 Å². The molecule has 0 rings (SSSR count). The minimum absolute atomic E-state index is 0.00407. The maximum Gasteiger partial charge on any atom is 0.323 e. The molecule has 0 saturated carbocycles. The summed E-state index contributed by atoms with van der Waals surface area (Å²) in [6.07, 6.45) is -0.00407. The number of carbonyl (C=O) groups excluding carboxylic acids is 2. The van der Waals surface area contributed by atoms with Crippen molar-refractivity contribution in [1.82, 2.24) is 5.32 Å². The lowest BCUT2D eigenvalue weighted by molar-refractivity contribution is -0.149. The molecule has 0 aliphatic heterocycles. The van der Waals surface area contributed by atoms with E-state index < -0.39 is 18.0 Å². The molecule has 1 N–H and O–H groups in total. The molecule has 5 nitrogen and oxygen atoms in total. The fourth-order valence-corrected chi connectivity index (χ4v) is 1.01. The molecule has 0 spiro atoms. The van der Waals surface area contributed by atoms with Crippen molar-refractivity contribution in [2.75, 3.05) is 20.8 Å². The van der Waals surface area contributed by atoms with Crippen LogP contribution in [0.4, 0.5) is 0 Å². The van der Waals surface area contributed by atoms with E-state index in [1.54, 1.807) is 0 Å². The van der Waals surface area contributed by atoms with E-state index in [0.717, 1.165) is 0 Å². The summed E-state index contributed by atoms with van der Waals surface area (Å²) < 4.78 is 9.08. The number of hydrogen-bond acceptors (Lipinski definition) is 5. The molecule has 0 aromatic rings. The quantitative estimate of drug-likeness (QED) is 0.650. The first-order valence-electron chi connectivity index (χ1n) is 4.89. The van der Waals surface area contributed by atoms with E-state index in [1.165, 1.54) is 14.2 Å². The van der Waals surface area contributed by atoms with Crippen molar-refractivity contribution >= 4 is 11.9 Å². The van der Waals surface area contributed by atoms with E-state index in [0.29, 0.717) is 12.5 Å². The van der Waals surface area contributed by atoms with Crippen LogP contribution in [0.5, 0.6) is 0 Å². The molecule has 0 fully saturated rings. The first-order valence-corrected chi connectivity index (χ1v) is 4.89. The van der Waals surface area contributed by atoms with Gasteiger partial charge in [0.15, 0.2) is 0 Å². The van der Waals surface area contributed by atoms with E-state index in [4.69, 9.17) is 0 Å². The Morgan fingerprint density at radius 2 is 1.80 bits per heavy atom. The Kier molecular flexibility index (Phi) is 6.70. The van der Waals surface area contributed by atoms with Gasteiger partial charge in [-0.05, 0) is 12.5 Å². The highest BCUT2D eigenvalue weighted by Gasteiger charge is 2.22. The molecule has 0 saturated heterocycles. The van der Waals surface area contributed by atoms with Gasteiger partial charge < -0.3 is 14.8 Å². The van der Waals surface area contributed by atoms with Gasteiger partial charge in [-0.15, -0.1) is 0 Å². The molecule has 0 radical (unpaired) electrons. The van der Waals surface area contributed by atoms with Crippen LogP contribution >= 0.6 is 0 Å². The zero-order valence-corrected chi connectivity index (χ0v) is 9.70. The number of ether oxygens (including phenoxy) is 2. The third kappa shape index (κ3) is 6.06. The lowest BCUT2D eigenvalue weighted by Gasteiger charge is -2.16. The van der Waals surface area contributed by atoms with Crippen LogP contribution in [0.3, 0.4) is 0 Å². The second-order valence-electron chi connectivity index (χ2n) is 3.66. The smallest absolute Gasteiger partial charge is 0.323 e. The first-order chi connectivity index (χ1) is 7.01. The van der Waals surface area contributed by atoms with Gasteiger partial charge >= 0.3 is 11.9 Å². The molecule has 0 amide bonds. The summed E-state index contributed by atoms with van der Waals surface area (Å²) in [7, 11) is 2.59. The zero-order chi connectivity index (χ0) is 11.8. The van der Waals surface area contributed by atoms with E-state index in [1.807, 2.05) is 13.8 Å². The van der Waals surface area contributed by atoms with Crippen LogP contribution in [-0.4, -0.2) is 38.7 Å². The van der Waals surface area contributed by atoms with Gasteiger partial charge in [-0.3, -0.25) is 9.59 Å². The first kappa shape index (κ1) is 13.9. The van der Waals surface area contributed by atoms with E-state index in [9.17, 15) is 9.59 Å². The molecule has 0 aromatic carbocycles. The fourth-order valence-electron chi connectivity index (χ4n) is 1.01. The Morgan fingerprint density at radius 3 is 2.20 bits per heavy atom. The average Bonchev–Trinajstić information content (AvgIpc) is 2.22. The number of carbonyl (C=O) groups is 2. The molecule has 0 aliphatic carbocycles. The summed E-state index contributed by atoms with van der Waals surface area (Å²) in [6.45, 7) is 4.68. The number of hydrogen-bond donors (Lipinski definition) is 1. The van der Waals surface area contributed by atoms with Crippen molar-refractivity contribution in [3.05, 3.63) is 0 Å². The largest absolute Gasteiger partial charge is 0.469 e. The van der Waals surface area contributed by atoms with Crippen molar-refractivity contribution in [2.45, 2.75) is 26.3 Å². The monoisotopic (exact) mass is 217 g/mol. The van der Waals surface area contributed by atoms with Gasteiger partial charge in [-0.25, -0.2) is 0 Å². The topological polar surface area (TPSA) is 64.6 Å². The predicted molar refractivity (Wildman–Crippen MR) is 55.3 cm³/mol. The summed E-state index contributed by atoms with van der Waals surface area (Å²) >= 11 is 0. The Labute approximate surface area is 90.1 Å². The number of nitrogens with one attached hydrogen (secondary N) is 1. The molecule has 0 heterocycles. The highest BCUT2D eigenvalue weighted by molar-refractivity contribution is 5.82. The molecule has 1 unspecified atom stereocenters. The highest BCUT2D eigenvalue weighted by Crippen LogP contribution is 1.99. The van der Waals surface area contributed by atoms with Gasteiger partial charge in [0.2, 0.25) is 0 Å². The molecule has 15 heavy (non-hydrogen) atoms. The fraction of sp³-hybridized carbons (Fsp3) is 0.800. The lowest BCUT2D eigenvalue weighted by Crippen LogP contribution is -2.41. The lowest BCUT2D eigenvalue weighted by atomic mass is 10.1. The maximum absolute atomic E-state index is 11.3. The van der Waals surface area contributed by atoms with E-state index in [2.05, 4.69) is 14.8 Å². The van der Waals surface area contributed by atoms with E-state index in [-0.39, 0.29) is 6.42 Å². The van der Waals surface area contributed by atoms with Crippen molar-refractivity contribution < 1.29 is 19.1 Å². The summed E-state index contributed by atoms with van der Waals surface area (Å²) in [5.41, 5.74) is 0. The van der Waals surface area contributed by atoms with Crippen LogP contribution in [0.25, 0.3) is 0 Å². The predicted octanol–water partition coefficient (Wildman–Crippen LogP) is 0.337. The van der Waals surface area contributed by atoms with Crippen LogP contribution in [0.1, 0.15) is 20.3 Å². The molecule has 0 bridgehead atoms. The van der Waals surface area contributed by atoms with Crippen molar-refractivity contribution in [2.24, 2.45) is 5.92 Å². The third-order valence-corrected chi connectivity index (χ3v) is 1.86. The molecular weight excluding hydrogens is 198 g/mol. The summed E-state index contributed by atoms with van der Waals surface area (Å²) in [5, 5.41) is 2.96. The minimum atomic E-state index is -0.621. The van der Waals surface area contributed by atoms with Crippen LogP contribution in [0, 0.1) is 5.92 Å². The number of esters is 2. The van der Waals surface area contributed by atoms with Crippen LogP contribution in [0.15, 0.2) is 0 Å². The standard InChI is InChI=1S/C10H19NO4/c1-7(2)6-11-8(10(13)15-4)5-9(12)14-3/h7-8,11H,5-6H2,1-4H3. The van der Waals surface area contributed by atoms with E-state index >= 15 is 0 Å². The second kappa shape index (κ2) is 7.23. The van der Waals surface area contributed by atoms with Gasteiger partial charge in [0.1, 0.15) is 6.04 Å². The Morgan fingerprint density at radius 1 is 1.20 bits per heavy atom. The average molecular weight is 217 g/mol. The number of methoxy groups -OCH3 is 2. The molecule has 88 valence electrons. The molecule has 0 aromatic heterocycles. The van der Waals surface area contributed by atoms with Crippen molar-refractivity contribution in [3.63, 3.8) is 0 Å². The normalized spacial score (nSPS) is 12.3. The van der Waals surface area contributed by atoms with Crippen LogP contribution in [-0.2, 0) is 19.1 Å². The van der Waals surface area contributed by atoms with Crippen LogP contribution < -0.4 is 5.32 Å². The molecular formula is C10H19NO4. The van der Waals surface area contributed by atoms with Crippen LogP contribution in [0.2, 0.25) is 0 Å². The van der Waals surface area contributed by atoms with Gasteiger partial charge in [0, 0.05) is 0 Å². The summed E-state index contributed by atoms with van der Waals surface area (Å²) in [5.74, 6) is -0.475. The minimum Gasteiger partial charge on any atom is -0.469 e. The van der Waals surface area contributed by atoms with Gasteiger partial charge in [-0.1, -0.05) is 13.8 Å². The third-order valence-electron chi connectivity index (χ3n) is 1.86. The second-order valence-corrected chi connectivity index (χ2v) is 3.66. The molecule has 0 aliphatic rings. The Hall–Kier alpha value is -1.10. The highest BCUT2D eigenvalue weighted by atomic mass is 16.5. The SMILES string of the molecule is COC(=O)CC(NCC(C)C)C(=O)OC. The summed E-state index contributed by atoms with van der Waals surface area (Å²) in [6, 6.07) is -0.621. The Balaban J connectivity index is 4.18. The number of rotatable bonds is 6.